The van der Waals surface area contributed by atoms with E-state index in [0.717, 1.165) is 54.7 Å². The van der Waals surface area contributed by atoms with Crippen molar-refractivity contribution in [1.29, 1.82) is 0 Å². The van der Waals surface area contributed by atoms with Gasteiger partial charge < -0.3 is 9.73 Å². The van der Waals surface area contributed by atoms with Crippen LogP contribution in [0.4, 0.5) is 5.69 Å². The molecule has 0 amide bonds. The van der Waals surface area contributed by atoms with Crippen LogP contribution >= 0.6 is 0 Å². The Labute approximate surface area is 193 Å². The predicted molar refractivity (Wildman–Crippen MR) is 134 cm³/mol. The molecule has 1 saturated heterocycles. The minimum Gasteiger partial charge on any atom is -0.423 e. The standard InChI is InChI=1S/C28H27N3O2/c32-28-20-26(25-19-23(8-9-27(25)33-28)22-10-14-29-15-11-22)30-24-12-17-31(18-13-24)16-4-7-21-5-2-1-3-6-21/h1-11,14-15,19-20,24,30H,12-13,16-18H2/b7-4+. The van der Waals surface area contributed by atoms with Crippen molar-refractivity contribution in [3.63, 3.8) is 0 Å². The van der Waals surface area contributed by atoms with E-state index in [4.69, 9.17) is 4.42 Å². The first kappa shape index (κ1) is 21.2. The maximum absolute atomic E-state index is 12.2. The predicted octanol–water partition coefficient (Wildman–Crippen LogP) is 5.44. The topological polar surface area (TPSA) is 58.4 Å². The zero-order chi connectivity index (χ0) is 22.5. The van der Waals surface area contributed by atoms with Gasteiger partial charge in [0, 0.05) is 49.5 Å². The first-order valence-corrected chi connectivity index (χ1v) is 11.4. The Bertz CT molecular complexity index is 1290. The quantitative estimate of drug-likeness (QED) is 0.407. The molecule has 0 atom stereocenters. The number of benzene rings is 2. The molecular weight excluding hydrogens is 410 g/mol. The van der Waals surface area contributed by atoms with Gasteiger partial charge >= 0.3 is 5.63 Å². The summed E-state index contributed by atoms with van der Waals surface area (Å²) in [6.07, 6.45) is 10.1. The van der Waals surface area contributed by atoms with Gasteiger partial charge in [-0.3, -0.25) is 9.88 Å². The number of fused-ring (bicyclic) bond motifs is 1. The fraction of sp³-hybridized carbons (Fsp3) is 0.214. The van der Waals surface area contributed by atoms with Crippen LogP contribution in [-0.4, -0.2) is 35.6 Å². The van der Waals surface area contributed by atoms with Gasteiger partial charge in [-0.2, -0.15) is 0 Å². The molecule has 1 N–H and O–H groups in total. The molecule has 5 heteroatoms. The van der Waals surface area contributed by atoms with Crippen molar-refractivity contribution in [2.75, 3.05) is 25.0 Å². The Hall–Kier alpha value is -3.70. The zero-order valence-corrected chi connectivity index (χ0v) is 18.5. The van der Waals surface area contributed by atoms with Crippen LogP contribution in [0.3, 0.4) is 0 Å². The number of anilines is 1. The molecule has 1 aliphatic rings. The average Bonchev–Trinajstić information content (AvgIpc) is 2.86. The molecule has 166 valence electrons. The highest BCUT2D eigenvalue weighted by Gasteiger charge is 2.19. The molecule has 0 aliphatic carbocycles. The monoisotopic (exact) mass is 437 g/mol. The van der Waals surface area contributed by atoms with Crippen molar-refractivity contribution < 1.29 is 4.42 Å². The Balaban J connectivity index is 1.26. The van der Waals surface area contributed by atoms with E-state index in [-0.39, 0.29) is 5.63 Å². The summed E-state index contributed by atoms with van der Waals surface area (Å²) in [5, 5.41) is 4.56. The number of nitrogens with one attached hydrogen (secondary N) is 1. The Morgan fingerprint density at radius 2 is 1.76 bits per heavy atom. The zero-order valence-electron chi connectivity index (χ0n) is 18.5. The average molecular weight is 438 g/mol. The van der Waals surface area contributed by atoms with Gasteiger partial charge in [0.15, 0.2) is 0 Å². The van der Waals surface area contributed by atoms with Gasteiger partial charge in [0.2, 0.25) is 0 Å². The number of pyridine rings is 1. The fourth-order valence-corrected chi connectivity index (χ4v) is 4.39. The maximum atomic E-state index is 12.2. The highest BCUT2D eigenvalue weighted by molar-refractivity contribution is 5.93. The van der Waals surface area contributed by atoms with Crippen LogP contribution in [0.15, 0.2) is 94.4 Å². The van der Waals surface area contributed by atoms with Crippen molar-refractivity contribution >= 4 is 22.7 Å². The number of hydrogen-bond donors (Lipinski definition) is 1. The van der Waals surface area contributed by atoms with Crippen molar-refractivity contribution in [1.82, 2.24) is 9.88 Å². The number of rotatable bonds is 6. The lowest BCUT2D eigenvalue weighted by atomic mass is 10.0. The van der Waals surface area contributed by atoms with Gasteiger partial charge in [0.1, 0.15) is 5.58 Å². The molecular formula is C28H27N3O2. The van der Waals surface area contributed by atoms with Crippen LogP contribution in [0.1, 0.15) is 18.4 Å². The number of nitrogens with zero attached hydrogens (tertiary/aromatic N) is 2. The van der Waals surface area contributed by atoms with E-state index >= 15 is 0 Å². The van der Waals surface area contributed by atoms with E-state index in [0.29, 0.717) is 11.6 Å². The summed E-state index contributed by atoms with van der Waals surface area (Å²) in [5.41, 5.74) is 4.51. The molecule has 1 fully saturated rings. The van der Waals surface area contributed by atoms with E-state index < -0.39 is 0 Å². The van der Waals surface area contributed by atoms with Crippen molar-refractivity contribution in [2.24, 2.45) is 0 Å². The summed E-state index contributed by atoms with van der Waals surface area (Å²) in [6, 6.07) is 22.2. The van der Waals surface area contributed by atoms with E-state index in [1.165, 1.54) is 5.56 Å². The molecule has 2 aromatic carbocycles. The summed E-state index contributed by atoms with van der Waals surface area (Å²) in [6.45, 7) is 3.01. The first-order valence-electron chi connectivity index (χ1n) is 11.4. The highest BCUT2D eigenvalue weighted by Crippen LogP contribution is 2.29. The number of piperidine rings is 1. The second-order valence-electron chi connectivity index (χ2n) is 8.46. The molecule has 5 nitrogen and oxygen atoms in total. The highest BCUT2D eigenvalue weighted by atomic mass is 16.4. The lowest BCUT2D eigenvalue weighted by molar-refractivity contribution is 0.240. The number of likely N-dealkylation sites (tertiary alicyclic amines) is 1. The van der Waals surface area contributed by atoms with E-state index in [2.05, 4.69) is 57.7 Å². The van der Waals surface area contributed by atoms with Gasteiger partial charge in [-0.1, -0.05) is 48.6 Å². The molecule has 4 aromatic rings. The SMILES string of the molecule is O=c1cc(NC2CCN(C/C=C/c3ccccc3)CC2)c2cc(-c3ccncc3)ccc2o1. The molecule has 5 rings (SSSR count). The lowest BCUT2D eigenvalue weighted by Crippen LogP contribution is -2.39. The van der Waals surface area contributed by atoms with Crippen LogP contribution in [0.2, 0.25) is 0 Å². The maximum Gasteiger partial charge on any atom is 0.338 e. The van der Waals surface area contributed by atoms with Crippen LogP contribution in [0, 0.1) is 0 Å². The van der Waals surface area contributed by atoms with Crippen LogP contribution in [0.5, 0.6) is 0 Å². The Morgan fingerprint density at radius 1 is 0.970 bits per heavy atom. The van der Waals surface area contributed by atoms with Gasteiger partial charge in [-0.25, -0.2) is 4.79 Å². The molecule has 3 heterocycles. The van der Waals surface area contributed by atoms with Gasteiger partial charge in [0.05, 0.1) is 5.69 Å². The Morgan fingerprint density at radius 3 is 2.55 bits per heavy atom. The van der Waals surface area contributed by atoms with E-state index in [1.807, 2.05) is 30.3 Å². The normalized spacial score (nSPS) is 15.3. The molecule has 33 heavy (non-hydrogen) atoms. The summed E-state index contributed by atoms with van der Waals surface area (Å²) in [7, 11) is 0. The van der Waals surface area contributed by atoms with E-state index in [9.17, 15) is 4.79 Å². The summed E-state index contributed by atoms with van der Waals surface area (Å²) < 4.78 is 5.46. The number of hydrogen-bond acceptors (Lipinski definition) is 5. The second kappa shape index (κ2) is 9.84. The third-order valence-electron chi connectivity index (χ3n) is 6.18. The van der Waals surface area contributed by atoms with Gasteiger partial charge in [-0.05, 0) is 53.8 Å². The molecule has 0 saturated carbocycles. The summed E-state index contributed by atoms with van der Waals surface area (Å²) >= 11 is 0. The van der Waals surface area contributed by atoms with Gasteiger partial charge in [-0.15, -0.1) is 0 Å². The van der Waals surface area contributed by atoms with Crippen LogP contribution < -0.4 is 10.9 Å². The molecule has 0 bridgehead atoms. The molecule has 0 radical (unpaired) electrons. The molecule has 0 unspecified atom stereocenters. The number of aromatic nitrogens is 1. The lowest BCUT2D eigenvalue weighted by Gasteiger charge is -2.32. The summed E-state index contributed by atoms with van der Waals surface area (Å²) in [5.74, 6) is 0. The molecule has 2 aromatic heterocycles. The minimum atomic E-state index is -0.329. The fourth-order valence-electron chi connectivity index (χ4n) is 4.39. The third kappa shape index (κ3) is 5.21. The third-order valence-corrected chi connectivity index (χ3v) is 6.18. The Kier molecular flexibility index (Phi) is 6.31. The van der Waals surface area contributed by atoms with Crippen molar-refractivity contribution in [3.8, 4) is 11.1 Å². The van der Waals surface area contributed by atoms with E-state index in [1.54, 1.807) is 18.5 Å². The van der Waals surface area contributed by atoms with Gasteiger partial charge in [0.25, 0.3) is 0 Å². The van der Waals surface area contributed by atoms with Crippen LogP contribution in [-0.2, 0) is 0 Å². The minimum absolute atomic E-state index is 0.328. The van der Waals surface area contributed by atoms with Crippen molar-refractivity contribution in [2.45, 2.75) is 18.9 Å². The molecule has 1 aliphatic heterocycles. The first-order chi connectivity index (χ1) is 16.2. The second-order valence-corrected chi connectivity index (χ2v) is 8.46. The summed E-state index contributed by atoms with van der Waals surface area (Å²) in [4.78, 5) is 18.7. The smallest absolute Gasteiger partial charge is 0.338 e. The van der Waals surface area contributed by atoms with Crippen LogP contribution in [0.25, 0.3) is 28.2 Å². The largest absolute Gasteiger partial charge is 0.423 e. The molecule has 0 spiro atoms. The van der Waals surface area contributed by atoms with Crippen molar-refractivity contribution in [3.05, 3.63) is 101 Å².